The fourth-order valence-electron chi connectivity index (χ4n) is 3.83. The molecule has 5 nitrogen and oxygen atoms in total. The number of ether oxygens (including phenoxy) is 1. The number of aliphatic hydroxyl groups excluding tert-OH is 1. The summed E-state index contributed by atoms with van der Waals surface area (Å²) in [4.78, 5) is 27.8. The van der Waals surface area contributed by atoms with E-state index < -0.39 is 17.7 Å². The molecule has 0 radical (unpaired) electrons. The first-order valence-corrected chi connectivity index (χ1v) is 10.00. The Morgan fingerprint density at radius 3 is 2.19 bits per heavy atom. The number of hydrogen-bond donors (Lipinski definition) is 1. The molecule has 0 aromatic heterocycles. The van der Waals surface area contributed by atoms with E-state index in [2.05, 4.69) is 0 Å². The number of Topliss-reactive ketones (excluding diaryl/α,β-unsaturated/α-hetero) is 1. The van der Waals surface area contributed by atoms with Gasteiger partial charge in [0, 0.05) is 11.3 Å². The molecule has 1 aliphatic heterocycles. The molecule has 0 saturated carbocycles. The molecule has 31 heavy (non-hydrogen) atoms. The highest BCUT2D eigenvalue weighted by Gasteiger charge is 2.47. The van der Waals surface area contributed by atoms with E-state index in [1.807, 2.05) is 50.2 Å². The molecule has 3 aromatic rings. The molecule has 5 heteroatoms. The average molecular weight is 413 g/mol. The Hall–Kier alpha value is -3.86. The maximum atomic E-state index is 13.2. The van der Waals surface area contributed by atoms with Gasteiger partial charge in [0.1, 0.15) is 11.5 Å². The molecule has 1 heterocycles. The minimum atomic E-state index is -0.756. The molecule has 1 fully saturated rings. The molecule has 1 atom stereocenters. The number of ketones is 1. The Balaban J connectivity index is 1.94. The highest BCUT2D eigenvalue weighted by Crippen LogP contribution is 2.42. The van der Waals surface area contributed by atoms with Gasteiger partial charge in [-0.2, -0.15) is 0 Å². The second kappa shape index (κ2) is 8.11. The number of aliphatic hydroxyl groups is 1. The van der Waals surface area contributed by atoms with Crippen molar-refractivity contribution in [2.45, 2.75) is 19.9 Å². The summed E-state index contributed by atoms with van der Waals surface area (Å²) in [6.07, 6.45) is 0. The highest BCUT2D eigenvalue weighted by atomic mass is 16.5. The standard InChI is InChI=1S/C26H23NO4/c1-16-9-12-20(15-17(16)2)27-23(18-10-13-21(31-3)14-11-18)22(25(29)26(27)30)24(28)19-7-5-4-6-8-19/h4-15,23,28H,1-3H3/b24-22+. The van der Waals surface area contributed by atoms with Gasteiger partial charge in [0.25, 0.3) is 11.7 Å². The predicted octanol–water partition coefficient (Wildman–Crippen LogP) is 4.94. The highest BCUT2D eigenvalue weighted by molar-refractivity contribution is 6.51. The van der Waals surface area contributed by atoms with Crippen molar-refractivity contribution in [1.29, 1.82) is 0 Å². The quantitative estimate of drug-likeness (QED) is 0.374. The lowest BCUT2D eigenvalue weighted by molar-refractivity contribution is -0.132. The Kier molecular flexibility index (Phi) is 5.34. The number of anilines is 1. The summed E-state index contributed by atoms with van der Waals surface area (Å²) in [6.45, 7) is 3.95. The third-order valence-corrected chi connectivity index (χ3v) is 5.69. The fraction of sp³-hybridized carbons (Fsp3) is 0.154. The second-order valence-electron chi connectivity index (χ2n) is 7.58. The molecular formula is C26H23NO4. The number of benzene rings is 3. The van der Waals surface area contributed by atoms with Crippen LogP contribution >= 0.6 is 0 Å². The summed E-state index contributed by atoms with van der Waals surface area (Å²) >= 11 is 0. The number of rotatable bonds is 4. The van der Waals surface area contributed by atoms with Gasteiger partial charge in [-0.25, -0.2) is 0 Å². The first-order chi connectivity index (χ1) is 14.9. The number of carbonyl (C=O) groups is 2. The van der Waals surface area contributed by atoms with Crippen molar-refractivity contribution < 1.29 is 19.4 Å². The number of aryl methyl sites for hydroxylation is 2. The summed E-state index contributed by atoms with van der Waals surface area (Å²) in [5.41, 5.74) is 3.97. The maximum Gasteiger partial charge on any atom is 0.300 e. The van der Waals surface area contributed by atoms with Gasteiger partial charge in [0.2, 0.25) is 0 Å². The van der Waals surface area contributed by atoms with Crippen LogP contribution in [0.5, 0.6) is 5.75 Å². The zero-order valence-corrected chi connectivity index (χ0v) is 17.6. The van der Waals surface area contributed by atoms with Gasteiger partial charge in [0.15, 0.2) is 0 Å². The molecule has 0 aliphatic carbocycles. The zero-order chi connectivity index (χ0) is 22.1. The predicted molar refractivity (Wildman–Crippen MR) is 120 cm³/mol. The molecule has 1 unspecified atom stereocenters. The van der Waals surface area contributed by atoms with Crippen LogP contribution in [-0.4, -0.2) is 23.9 Å². The van der Waals surface area contributed by atoms with Gasteiger partial charge in [-0.3, -0.25) is 14.5 Å². The lowest BCUT2D eigenvalue weighted by Crippen LogP contribution is -2.29. The summed E-state index contributed by atoms with van der Waals surface area (Å²) in [6, 6.07) is 20.8. The van der Waals surface area contributed by atoms with Crippen molar-refractivity contribution in [2.24, 2.45) is 0 Å². The summed E-state index contributed by atoms with van der Waals surface area (Å²) in [5.74, 6) is -0.900. The van der Waals surface area contributed by atoms with Crippen LogP contribution in [0.3, 0.4) is 0 Å². The maximum absolute atomic E-state index is 13.2. The van der Waals surface area contributed by atoms with Crippen LogP contribution < -0.4 is 9.64 Å². The van der Waals surface area contributed by atoms with E-state index in [9.17, 15) is 14.7 Å². The molecule has 1 amide bonds. The third-order valence-electron chi connectivity index (χ3n) is 5.69. The largest absolute Gasteiger partial charge is 0.507 e. The molecule has 1 saturated heterocycles. The van der Waals surface area contributed by atoms with Crippen molar-refractivity contribution in [3.8, 4) is 5.75 Å². The minimum absolute atomic E-state index is 0.0691. The van der Waals surface area contributed by atoms with Gasteiger partial charge in [-0.05, 0) is 54.8 Å². The number of hydrogen-bond acceptors (Lipinski definition) is 4. The lowest BCUT2D eigenvalue weighted by Gasteiger charge is -2.26. The van der Waals surface area contributed by atoms with Crippen LogP contribution in [0, 0.1) is 13.8 Å². The second-order valence-corrected chi connectivity index (χ2v) is 7.58. The van der Waals surface area contributed by atoms with E-state index in [0.29, 0.717) is 22.6 Å². The van der Waals surface area contributed by atoms with Crippen LogP contribution in [0.1, 0.15) is 28.3 Å². The smallest absolute Gasteiger partial charge is 0.300 e. The molecule has 4 rings (SSSR count). The van der Waals surface area contributed by atoms with Crippen molar-refractivity contribution in [3.63, 3.8) is 0 Å². The summed E-state index contributed by atoms with van der Waals surface area (Å²) < 4.78 is 5.25. The van der Waals surface area contributed by atoms with Crippen LogP contribution in [0.25, 0.3) is 5.76 Å². The first-order valence-electron chi connectivity index (χ1n) is 10.00. The lowest BCUT2D eigenvalue weighted by atomic mass is 9.95. The van der Waals surface area contributed by atoms with Crippen molar-refractivity contribution >= 4 is 23.1 Å². The Bertz CT molecular complexity index is 1180. The molecule has 156 valence electrons. The fourth-order valence-corrected chi connectivity index (χ4v) is 3.83. The van der Waals surface area contributed by atoms with Crippen LogP contribution in [0.2, 0.25) is 0 Å². The normalized spacial score (nSPS) is 17.8. The zero-order valence-electron chi connectivity index (χ0n) is 17.6. The van der Waals surface area contributed by atoms with Crippen LogP contribution in [-0.2, 0) is 9.59 Å². The van der Waals surface area contributed by atoms with Crippen LogP contribution in [0.4, 0.5) is 5.69 Å². The number of methoxy groups -OCH3 is 1. The molecule has 1 N–H and O–H groups in total. The van der Waals surface area contributed by atoms with E-state index >= 15 is 0 Å². The molecule has 0 bridgehead atoms. The van der Waals surface area contributed by atoms with Gasteiger partial charge in [-0.1, -0.05) is 48.5 Å². The Labute approximate surface area is 181 Å². The number of nitrogens with zero attached hydrogens (tertiary/aromatic N) is 1. The summed E-state index contributed by atoms with van der Waals surface area (Å²) in [5, 5.41) is 11.1. The molecular weight excluding hydrogens is 390 g/mol. The van der Waals surface area contributed by atoms with E-state index in [4.69, 9.17) is 4.74 Å². The van der Waals surface area contributed by atoms with Gasteiger partial charge >= 0.3 is 0 Å². The van der Waals surface area contributed by atoms with E-state index in [1.165, 1.54) is 4.90 Å². The van der Waals surface area contributed by atoms with Crippen molar-refractivity contribution in [2.75, 3.05) is 12.0 Å². The van der Waals surface area contributed by atoms with E-state index in [1.54, 1.807) is 43.5 Å². The first kappa shape index (κ1) is 20.4. The minimum Gasteiger partial charge on any atom is -0.507 e. The SMILES string of the molecule is COc1ccc(C2/C(=C(\O)c3ccccc3)C(=O)C(=O)N2c2ccc(C)c(C)c2)cc1. The van der Waals surface area contributed by atoms with E-state index in [0.717, 1.165) is 11.1 Å². The Morgan fingerprint density at radius 2 is 1.58 bits per heavy atom. The number of carbonyl (C=O) groups excluding carboxylic acids is 2. The van der Waals surface area contributed by atoms with Gasteiger partial charge in [-0.15, -0.1) is 0 Å². The summed E-state index contributed by atoms with van der Waals surface area (Å²) in [7, 11) is 1.57. The molecule has 1 aliphatic rings. The molecule has 3 aromatic carbocycles. The Morgan fingerprint density at radius 1 is 0.903 bits per heavy atom. The topological polar surface area (TPSA) is 66.8 Å². The van der Waals surface area contributed by atoms with Crippen LogP contribution in [0.15, 0.2) is 78.4 Å². The van der Waals surface area contributed by atoms with Gasteiger partial charge in [0.05, 0.1) is 18.7 Å². The van der Waals surface area contributed by atoms with Crippen molar-refractivity contribution in [3.05, 3.63) is 101 Å². The van der Waals surface area contributed by atoms with Gasteiger partial charge < -0.3 is 9.84 Å². The average Bonchev–Trinajstić information content (AvgIpc) is 3.06. The van der Waals surface area contributed by atoms with E-state index in [-0.39, 0.29) is 11.3 Å². The number of amides is 1. The van der Waals surface area contributed by atoms with Crippen molar-refractivity contribution in [1.82, 2.24) is 0 Å². The molecule has 0 spiro atoms. The monoisotopic (exact) mass is 413 g/mol. The third kappa shape index (κ3) is 3.59.